The van der Waals surface area contributed by atoms with Gasteiger partial charge in [-0.25, -0.2) is 0 Å². The molecule has 0 aliphatic heterocycles. The first-order chi connectivity index (χ1) is 8.69. The van der Waals surface area contributed by atoms with E-state index >= 15 is 0 Å². The molecular formula is C15H24N2O. The first-order valence-corrected chi connectivity index (χ1v) is 6.82. The van der Waals surface area contributed by atoms with Crippen molar-refractivity contribution in [3.8, 4) is 0 Å². The third kappa shape index (κ3) is 4.40. The Morgan fingerprint density at radius 1 is 1.28 bits per heavy atom. The van der Waals surface area contributed by atoms with Crippen LogP contribution in [0.5, 0.6) is 0 Å². The van der Waals surface area contributed by atoms with Crippen molar-refractivity contribution < 1.29 is 4.79 Å². The number of rotatable bonds is 7. The van der Waals surface area contributed by atoms with Crippen molar-refractivity contribution in [2.75, 3.05) is 11.9 Å². The van der Waals surface area contributed by atoms with Gasteiger partial charge in [-0.2, -0.15) is 0 Å². The molecule has 1 atom stereocenters. The second-order valence-electron chi connectivity index (χ2n) is 4.59. The summed E-state index contributed by atoms with van der Waals surface area (Å²) in [4.78, 5) is 12.2. The van der Waals surface area contributed by atoms with E-state index in [1.165, 1.54) is 0 Å². The number of nitrogens with one attached hydrogen (secondary N) is 2. The van der Waals surface area contributed by atoms with Gasteiger partial charge < -0.3 is 10.6 Å². The number of hydrogen-bond acceptors (Lipinski definition) is 2. The van der Waals surface area contributed by atoms with Crippen LogP contribution >= 0.6 is 0 Å². The third-order valence-electron chi connectivity index (χ3n) is 2.91. The van der Waals surface area contributed by atoms with Crippen molar-refractivity contribution in [2.45, 2.75) is 46.1 Å². The molecule has 2 N–H and O–H groups in total. The van der Waals surface area contributed by atoms with Crippen LogP contribution in [-0.4, -0.2) is 18.5 Å². The maximum absolute atomic E-state index is 12.2. The lowest BCUT2D eigenvalue weighted by Gasteiger charge is -2.15. The molecule has 0 bridgehead atoms. The molecule has 0 saturated carbocycles. The normalized spacial score (nSPS) is 11.9. The molecule has 0 spiro atoms. The van der Waals surface area contributed by atoms with Gasteiger partial charge in [0.05, 0.1) is 5.56 Å². The van der Waals surface area contributed by atoms with E-state index < -0.39 is 0 Å². The first-order valence-electron chi connectivity index (χ1n) is 6.82. The number of para-hydroxylation sites is 1. The minimum atomic E-state index is 0.00940. The van der Waals surface area contributed by atoms with E-state index in [0.717, 1.165) is 37.1 Å². The second kappa shape index (κ2) is 7.75. The summed E-state index contributed by atoms with van der Waals surface area (Å²) in [6, 6.07) is 7.86. The molecule has 0 heterocycles. The molecule has 1 aromatic rings. The molecule has 0 aliphatic carbocycles. The Hall–Kier alpha value is -1.51. The molecule has 3 nitrogen and oxygen atoms in total. The van der Waals surface area contributed by atoms with Gasteiger partial charge in [0.15, 0.2) is 0 Å². The van der Waals surface area contributed by atoms with Crippen molar-refractivity contribution in [3.63, 3.8) is 0 Å². The number of unbranched alkanes of at least 4 members (excludes halogenated alkanes) is 1. The third-order valence-corrected chi connectivity index (χ3v) is 2.91. The molecule has 1 aromatic carbocycles. The van der Waals surface area contributed by atoms with E-state index in [4.69, 9.17) is 0 Å². The molecule has 1 amide bonds. The van der Waals surface area contributed by atoms with Crippen molar-refractivity contribution in [1.29, 1.82) is 0 Å². The summed E-state index contributed by atoms with van der Waals surface area (Å²) in [5.74, 6) is 0.00940. The predicted octanol–water partition coefficient (Wildman–Crippen LogP) is 3.43. The largest absolute Gasteiger partial charge is 0.385 e. The second-order valence-corrected chi connectivity index (χ2v) is 4.59. The van der Waals surface area contributed by atoms with E-state index in [9.17, 15) is 4.79 Å². The summed E-state index contributed by atoms with van der Waals surface area (Å²) in [6.07, 6.45) is 3.34. The van der Waals surface area contributed by atoms with Gasteiger partial charge in [0.25, 0.3) is 5.91 Å². The van der Waals surface area contributed by atoms with Gasteiger partial charge in [0.2, 0.25) is 0 Å². The fraction of sp³-hybridized carbons (Fsp3) is 0.533. The Morgan fingerprint density at radius 3 is 2.67 bits per heavy atom. The number of benzene rings is 1. The lowest BCUT2D eigenvalue weighted by atomic mass is 10.1. The van der Waals surface area contributed by atoms with Gasteiger partial charge >= 0.3 is 0 Å². The number of hydrogen-bond donors (Lipinski definition) is 2. The number of anilines is 1. The van der Waals surface area contributed by atoms with Crippen LogP contribution in [-0.2, 0) is 0 Å². The summed E-state index contributed by atoms with van der Waals surface area (Å²) >= 11 is 0. The fourth-order valence-corrected chi connectivity index (χ4v) is 1.91. The van der Waals surface area contributed by atoms with E-state index in [1.807, 2.05) is 31.2 Å². The summed E-state index contributed by atoms with van der Waals surface area (Å²) in [5.41, 5.74) is 1.63. The highest BCUT2D eigenvalue weighted by molar-refractivity contribution is 5.99. The molecule has 0 saturated heterocycles. The minimum Gasteiger partial charge on any atom is -0.385 e. The molecule has 100 valence electrons. The van der Waals surface area contributed by atoms with Crippen LogP contribution in [0, 0.1) is 0 Å². The van der Waals surface area contributed by atoms with Crippen LogP contribution in [0.25, 0.3) is 0 Å². The van der Waals surface area contributed by atoms with Crippen molar-refractivity contribution in [2.24, 2.45) is 0 Å². The molecule has 18 heavy (non-hydrogen) atoms. The summed E-state index contributed by atoms with van der Waals surface area (Å²) in [6.45, 7) is 7.06. The standard InChI is InChI=1S/C15H24N2O/c1-4-6-9-12(3)17-15(18)13-10-7-8-11-14(13)16-5-2/h7-8,10-12,16H,4-6,9H2,1-3H3,(H,17,18). The number of carbonyl (C=O) groups is 1. The average Bonchev–Trinajstić information content (AvgIpc) is 2.37. The number of carbonyl (C=O) groups excluding carboxylic acids is 1. The Morgan fingerprint density at radius 2 is 2.00 bits per heavy atom. The van der Waals surface area contributed by atoms with E-state index in [-0.39, 0.29) is 11.9 Å². The lowest BCUT2D eigenvalue weighted by Crippen LogP contribution is -2.32. The molecular weight excluding hydrogens is 224 g/mol. The van der Waals surface area contributed by atoms with Gasteiger partial charge in [-0.3, -0.25) is 4.79 Å². The van der Waals surface area contributed by atoms with Crippen LogP contribution < -0.4 is 10.6 Å². The molecule has 0 aliphatic rings. The Labute approximate surface area is 110 Å². The topological polar surface area (TPSA) is 41.1 Å². The Bertz CT molecular complexity index is 377. The van der Waals surface area contributed by atoms with Crippen LogP contribution in [0.4, 0.5) is 5.69 Å². The smallest absolute Gasteiger partial charge is 0.253 e. The highest BCUT2D eigenvalue weighted by Gasteiger charge is 2.12. The highest BCUT2D eigenvalue weighted by Crippen LogP contribution is 2.15. The minimum absolute atomic E-state index is 0.00940. The Kier molecular flexibility index (Phi) is 6.26. The first kappa shape index (κ1) is 14.6. The van der Waals surface area contributed by atoms with E-state index in [1.54, 1.807) is 0 Å². The van der Waals surface area contributed by atoms with Crippen molar-refractivity contribution in [1.82, 2.24) is 5.32 Å². The van der Waals surface area contributed by atoms with Crippen LogP contribution in [0.3, 0.4) is 0 Å². The fourth-order valence-electron chi connectivity index (χ4n) is 1.91. The SMILES string of the molecule is CCCCC(C)NC(=O)c1ccccc1NCC. The zero-order valence-corrected chi connectivity index (χ0v) is 11.6. The zero-order valence-electron chi connectivity index (χ0n) is 11.6. The van der Waals surface area contributed by atoms with E-state index in [0.29, 0.717) is 0 Å². The lowest BCUT2D eigenvalue weighted by molar-refractivity contribution is 0.0939. The van der Waals surface area contributed by atoms with Gasteiger partial charge in [-0.05, 0) is 32.4 Å². The Balaban J connectivity index is 2.65. The molecule has 1 unspecified atom stereocenters. The van der Waals surface area contributed by atoms with Gasteiger partial charge in [-0.1, -0.05) is 31.9 Å². The highest BCUT2D eigenvalue weighted by atomic mass is 16.1. The molecule has 0 fully saturated rings. The van der Waals surface area contributed by atoms with Gasteiger partial charge in [-0.15, -0.1) is 0 Å². The summed E-state index contributed by atoms with van der Waals surface area (Å²) in [7, 11) is 0. The molecule has 3 heteroatoms. The van der Waals surface area contributed by atoms with Crippen LogP contribution in [0.2, 0.25) is 0 Å². The monoisotopic (exact) mass is 248 g/mol. The quantitative estimate of drug-likeness (QED) is 0.776. The summed E-state index contributed by atoms with van der Waals surface area (Å²) < 4.78 is 0. The van der Waals surface area contributed by atoms with Crippen LogP contribution in [0.15, 0.2) is 24.3 Å². The predicted molar refractivity (Wildman–Crippen MR) is 77.1 cm³/mol. The maximum Gasteiger partial charge on any atom is 0.253 e. The maximum atomic E-state index is 12.2. The number of amides is 1. The zero-order chi connectivity index (χ0) is 13.4. The molecule has 1 rings (SSSR count). The van der Waals surface area contributed by atoms with Crippen molar-refractivity contribution in [3.05, 3.63) is 29.8 Å². The average molecular weight is 248 g/mol. The van der Waals surface area contributed by atoms with Gasteiger partial charge in [0, 0.05) is 18.3 Å². The molecule has 0 aromatic heterocycles. The van der Waals surface area contributed by atoms with Crippen LogP contribution in [0.1, 0.15) is 50.4 Å². The summed E-state index contributed by atoms with van der Waals surface area (Å²) in [5, 5.41) is 6.26. The van der Waals surface area contributed by atoms with Crippen molar-refractivity contribution >= 4 is 11.6 Å². The van der Waals surface area contributed by atoms with E-state index in [2.05, 4.69) is 24.5 Å². The van der Waals surface area contributed by atoms with Gasteiger partial charge in [0.1, 0.15) is 0 Å². The molecule has 0 radical (unpaired) electrons.